The minimum absolute atomic E-state index is 0.214. The SMILES string of the molecule is Cc1ccc(S(=O)(=O)C(=NNc2cc(Cl)cc(Cl)c2)[N+](=O)[O-])cc1. The molecule has 0 fully saturated rings. The number of hydrogen-bond acceptors (Lipinski definition) is 6. The Morgan fingerprint density at radius 1 is 1.12 bits per heavy atom. The van der Waals surface area contributed by atoms with Crippen LogP contribution >= 0.6 is 23.2 Å². The number of amidine groups is 1. The molecule has 7 nitrogen and oxygen atoms in total. The van der Waals surface area contributed by atoms with Gasteiger partial charge in [0.1, 0.15) is 0 Å². The largest absolute Gasteiger partial charge is 0.484 e. The highest BCUT2D eigenvalue weighted by Gasteiger charge is 2.34. The summed E-state index contributed by atoms with van der Waals surface area (Å²) in [6.07, 6.45) is 0. The molecule has 0 atom stereocenters. The molecule has 2 aromatic carbocycles. The number of nitro groups is 1. The first-order chi connectivity index (χ1) is 11.2. The average molecular weight is 388 g/mol. The summed E-state index contributed by atoms with van der Waals surface area (Å²) < 4.78 is 24.8. The first-order valence-corrected chi connectivity index (χ1v) is 8.70. The zero-order valence-electron chi connectivity index (χ0n) is 12.2. The molecule has 0 aliphatic carbocycles. The van der Waals surface area contributed by atoms with Crippen molar-refractivity contribution in [1.82, 2.24) is 0 Å². The molecule has 0 saturated heterocycles. The monoisotopic (exact) mass is 387 g/mol. The van der Waals surface area contributed by atoms with Gasteiger partial charge in [0.2, 0.25) is 0 Å². The number of sulfone groups is 1. The first-order valence-electron chi connectivity index (χ1n) is 6.46. The van der Waals surface area contributed by atoms with Crippen molar-refractivity contribution in [3.63, 3.8) is 0 Å². The van der Waals surface area contributed by atoms with Gasteiger partial charge >= 0.3 is 5.17 Å². The van der Waals surface area contributed by atoms with Gasteiger partial charge in [-0.3, -0.25) is 0 Å². The number of nitrogens with one attached hydrogen (secondary N) is 1. The molecule has 0 aliphatic rings. The van der Waals surface area contributed by atoms with Crippen LogP contribution < -0.4 is 5.43 Å². The summed E-state index contributed by atoms with van der Waals surface area (Å²) in [7, 11) is -4.39. The van der Waals surface area contributed by atoms with Gasteiger partial charge in [-0.15, -0.1) is 0 Å². The number of anilines is 1. The zero-order valence-corrected chi connectivity index (χ0v) is 14.6. The van der Waals surface area contributed by atoms with Crippen LogP contribution in [0.1, 0.15) is 5.56 Å². The van der Waals surface area contributed by atoms with Crippen LogP contribution in [0.25, 0.3) is 0 Å². The first kappa shape index (κ1) is 18.2. The smallest absolute Gasteiger partial charge is 0.357 e. The van der Waals surface area contributed by atoms with Crippen LogP contribution in [-0.4, -0.2) is 18.5 Å². The summed E-state index contributed by atoms with van der Waals surface area (Å²) in [5.41, 5.74) is 3.33. The van der Waals surface area contributed by atoms with E-state index in [9.17, 15) is 18.5 Å². The molecule has 0 heterocycles. The summed E-state index contributed by atoms with van der Waals surface area (Å²) in [6, 6.07) is 9.87. The van der Waals surface area contributed by atoms with E-state index in [-0.39, 0.29) is 20.6 Å². The highest BCUT2D eigenvalue weighted by molar-refractivity contribution is 8.05. The van der Waals surface area contributed by atoms with Gasteiger partial charge in [-0.05, 0) is 42.2 Å². The standard InChI is InChI=1S/C14H11Cl2N3O4S/c1-9-2-4-13(5-3-9)24(22,23)14(19(20)21)18-17-12-7-10(15)6-11(16)8-12/h2-8,17H,1H3. The van der Waals surface area contributed by atoms with Gasteiger partial charge in [0, 0.05) is 10.0 Å². The molecular weight excluding hydrogens is 377 g/mol. The van der Waals surface area contributed by atoms with Crippen LogP contribution in [0.3, 0.4) is 0 Å². The summed E-state index contributed by atoms with van der Waals surface area (Å²) in [5, 5.41) is 13.9. The van der Waals surface area contributed by atoms with E-state index < -0.39 is 19.9 Å². The van der Waals surface area contributed by atoms with E-state index in [2.05, 4.69) is 10.5 Å². The Balaban J connectivity index is 2.41. The van der Waals surface area contributed by atoms with Crippen molar-refractivity contribution in [2.24, 2.45) is 5.10 Å². The van der Waals surface area contributed by atoms with Gasteiger partial charge in [0.25, 0.3) is 9.84 Å². The topological polar surface area (TPSA) is 102 Å². The fourth-order valence-corrected chi connectivity index (χ4v) is 3.35. The Kier molecular flexibility index (Phi) is 5.43. The lowest BCUT2D eigenvalue weighted by Gasteiger charge is -2.03. The van der Waals surface area contributed by atoms with Crippen LogP contribution in [0, 0.1) is 17.0 Å². The molecule has 10 heteroatoms. The molecule has 0 spiro atoms. The molecule has 0 saturated carbocycles. The van der Waals surface area contributed by atoms with E-state index in [0.29, 0.717) is 0 Å². The van der Waals surface area contributed by atoms with E-state index in [0.717, 1.165) is 5.56 Å². The molecule has 126 valence electrons. The Hall–Kier alpha value is -2.16. The summed E-state index contributed by atoms with van der Waals surface area (Å²) in [4.78, 5) is 9.84. The third kappa shape index (κ3) is 4.22. The molecule has 0 bridgehead atoms. The maximum absolute atomic E-state index is 12.4. The van der Waals surface area contributed by atoms with Crippen molar-refractivity contribution in [2.75, 3.05) is 5.43 Å². The highest BCUT2D eigenvalue weighted by Crippen LogP contribution is 2.23. The minimum Gasteiger partial charge on any atom is -0.357 e. The van der Waals surface area contributed by atoms with Gasteiger partial charge in [-0.1, -0.05) is 40.9 Å². The van der Waals surface area contributed by atoms with Crippen molar-refractivity contribution < 1.29 is 13.3 Å². The number of halogens is 2. The summed E-state index contributed by atoms with van der Waals surface area (Å²) in [6.45, 7) is 1.77. The summed E-state index contributed by atoms with van der Waals surface area (Å²) in [5.74, 6) is 0. The third-order valence-corrected chi connectivity index (χ3v) is 4.92. The maximum atomic E-state index is 12.4. The van der Waals surface area contributed by atoms with Crippen LogP contribution in [0.2, 0.25) is 10.0 Å². The van der Waals surface area contributed by atoms with Gasteiger partial charge < -0.3 is 10.1 Å². The molecule has 0 aromatic heterocycles. The second-order valence-corrected chi connectivity index (χ2v) is 7.45. The number of nitrogens with zero attached hydrogens (tertiary/aromatic N) is 2. The maximum Gasteiger partial charge on any atom is 0.484 e. The van der Waals surface area contributed by atoms with Crippen LogP contribution in [-0.2, 0) is 9.84 Å². The van der Waals surface area contributed by atoms with E-state index in [1.54, 1.807) is 6.92 Å². The quantitative estimate of drug-likeness (QED) is 0.374. The minimum atomic E-state index is -4.39. The zero-order chi connectivity index (χ0) is 17.9. The lowest BCUT2D eigenvalue weighted by molar-refractivity contribution is -0.344. The van der Waals surface area contributed by atoms with Crippen molar-refractivity contribution in [2.45, 2.75) is 11.8 Å². The van der Waals surface area contributed by atoms with E-state index in [1.165, 1.54) is 42.5 Å². The van der Waals surface area contributed by atoms with Crippen molar-refractivity contribution in [3.05, 3.63) is 68.2 Å². The van der Waals surface area contributed by atoms with Crippen LogP contribution in [0.15, 0.2) is 52.5 Å². The Morgan fingerprint density at radius 2 is 1.67 bits per heavy atom. The molecule has 24 heavy (non-hydrogen) atoms. The van der Waals surface area contributed by atoms with Crippen molar-refractivity contribution in [1.29, 1.82) is 0 Å². The number of aryl methyl sites for hydroxylation is 1. The van der Waals surface area contributed by atoms with E-state index in [4.69, 9.17) is 23.2 Å². The van der Waals surface area contributed by atoms with Crippen molar-refractivity contribution in [3.8, 4) is 0 Å². The van der Waals surface area contributed by atoms with Crippen LogP contribution in [0.5, 0.6) is 0 Å². The molecule has 0 aliphatic heterocycles. The van der Waals surface area contributed by atoms with E-state index in [1.807, 2.05) is 0 Å². The lowest BCUT2D eigenvalue weighted by atomic mass is 10.2. The van der Waals surface area contributed by atoms with Gasteiger partial charge in [0.15, 0.2) is 0 Å². The summed E-state index contributed by atoms with van der Waals surface area (Å²) >= 11 is 11.6. The Bertz CT molecular complexity index is 892. The predicted octanol–water partition coefficient (Wildman–Crippen LogP) is 3.74. The average Bonchev–Trinajstić information content (AvgIpc) is 2.46. The Labute approximate surface area is 148 Å². The second-order valence-electron chi connectivity index (χ2n) is 4.74. The fraction of sp³-hybridized carbons (Fsp3) is 0.0714. The third-order valence-electron chi connectivity index (χ3n) is 2.87. The van der Waals surface area contributed by atoms with Crippen molar-refractivity contribution >= 4 is 43.9 Å². The number of hydrogen-bond donors (Lipinski definition) is 1. The number of rotatable bonds is 3. The van der Waals surface area contributed by atoms with Crippen LogP contribution in [0.4, 0.5) is 5.69 Å². The molecule has 0 amide bonds. The second kappa shape index (κ2) is 7.16. The normalized spacial score (nSPS) is 12.0. The van der Waals surface area contributed by atoms with Gasteiger partial charge in [-0.25, -0.2) is 8.42 Å². The molecule has 1 N–H and O–H groups in total. The molecule has 2 rings (SSSR count). The highest BCUT2D eigenvalue weighted by atomic mass is 35.5. The number of benzene rings is 2. The number of hydrazone groups is 1. The van der Waals surface area contributed by atoms with Gasteiger partial charge in [0.05, 0.1) is 15.7 Å². The lowest BCUT2D eigenvalue weighted by Crippen LogP contribution is -2.25. The van der Waals surface area contributed by atoms with E-state index >= 15 is 0 Å². The molecule has 0 radical (unpaired) electrons. The molecular formula is C14H11Cl2N3O4S. The fourth-order valence-electron chi connectivity index (χ4n) is 1.75. The molecule has 2 aromatic rings. The van der Waals surface area contributed by atoms with Gasteiger partial charge in [-0.2, -0.15) is 5.43 Å². The molecule has 0 unspecified atom stereocenters. The predicted molar refractivity (Wildman–Crippen MR) is 92.9 cm³/mol. The Morgan fingerprint density at radius 3 is 2.17 bits per heavy atom.